The van der Waals surface area contributed by atoms with Crippen LogP contribution in [0.25, 0.3) is 0 Å². The Bertz CT molecular complexity index is 252. The molecule has 0 saturated carbocycles. The maximum absolute atomic E-state index is 10.6. The zero-order valence-corrected chi connectivity index (χ0v) is 9.70. The van der Waals surface area contributed by atoms with Crippen molar-refractivity contribution < 1.29 is 16.6 Å². The van der Waals surface area contributed by atoms with Gasteiger partial charge < -0.3 is 0 Å². The molecule has 0 aliphatic heterocycles. The van der Waals surface area contributed by atoms with Gasteiger partial charge in [0.1, 0.15) is 0 Å². The second-order valence-electron chi connectivity index (χ2n) is 2.37. The van der Waals surface area contributed by atoms with E-state index in [0.29, 0.717) is 11.2 Å². The summed E-state index contributed by atoms with van der Waals surface area (Å²) in [5.41, 5.74) is 0. The van der Waals surface area contributed by atoms with Gasteiger partial charge in [-0.05, 0) is 0 Å². The molecule has 0 radical (unpaired) electrons. The zero-order chi connectivity index (χ0) is 9.03. The molecule has 0 saturated heterocycles. The molecule has 12 heavy (non-hydrogen) atoms. The van der Waals surface area contributed by atoms with Crippen molar-refractivity contribution in [3.05, 3.63) is 32.0 Å². The Morgan fingerprint density at radius 3 is 2.50 bits per heavy atom. The third-order valence-corrected chi connectivity index (χ3v) is 10.6. The van der Waals surface area contributed by atoms with E-state index in [1.807, 2.05) is 25.2 Å². The zero-order valence-electron chi connectivity index (χ0n) is 6.77. The summed E-state index contributed by atoms with van der Waals surface area (Å²) in [5.74, 6) is 0. The predicted molar refractivity (Wildman–Crippen MR) is 43.9 cm³/mol. The molecular formula is C7H10N2O2W. The summed E-state index contributed by atoms with van der Waals surface area (Å²) in [5, 5.41) is 0. The first-order chi connectivity index (χ1) is 5.79. The van der Waals surface area contributed by atoms with Crippen molar-refractivity contribution in [2.75, 3.05) is 0 Å². The van der Waals surface area contributed by atoms with Crippen LogP contribution in [0.3, 0.4) is 0 Å². The van der Waals surface area contributed by atoms with E-state index < -0.39 is 16.6 Å². The minimum atomic E-state index is -3.59. The summed E-state index contributed by atoms with van der Waals surface area (Å²) < 4.78 is 6.92. The van der Waals surface area contributed by atoms with E-state index in [1.165, 1.54) is 0 Å². The van der Waals surface area contributed by atoms with E-state index in [0.717, 1.165) is 3.96 Å². The van der Waals surface area contributed by atoms with Crippen LogP contribution in [0.4, 0.5) is 0 Å². The molecule has 1 aliphatic rings. The molecule has 0 aromatic rings. The summed E-state index contributed by atoms with van der Waals surface area (Å²) in [7, 11) is 0. The van der Waals surface area contributed by atoms with Crippen molar-refractivity contribution >= 4 is 0 Å². The topological polar surface area (TPSA) is 58.9 Å². The van der Waals surface area contributed by atoms with Crippen LogP contribution in [0.5, 0.6) is 0 Å². The van der Waals surface area contributed by atoms with Gasteiger partial charge in [0.05, 0.1) is 0 Å². The van der Waals surface area contributed by atoms with Gasteiger partial charge in [-0.3, -0.25) is 0 Å². The molecule has 0 aromatic heterocycles. The van der Waals surface area contributed by atoms with Gasteiger partial charge in [0.15, 0.2) is 0 Å². The van der Waals surface area contributed by atoms with Crippen LogP contribution < -0.4 is 0 Å². The van der Waals surface area contributed by atoms with Crippen LogP contribution >= 0.6 is 0 Å². The maximum atomic E-state index is 10.6. The van der Waals surface area contributed by atoms with Crippen LogP contribution in [0.1, 0.15) is 13.3 Å². The van der Waals surface area contributed by atoms with Crippen molar-refractivity contribution in [2.45, 2.75) is 18.2 Å². The third-order valence-electron chi connectivity index (χ3n) is 1.81. The SMILES string of the molecule is C[CH2][W]([N]=O)([N]=O)[C]1=CC=CC1. The van der Waals surface area contributed by atoms with E-state index in [-0.39, 0.29) is 0 Å². The van der Waals surface area contributed by atoms with Crippen molar-refractivity contribution in [1.29, 1.82) is 0 Å². The van der Waals surface area contributed by atoms with Crippen LogP contribution in [0.2, 0.25) is 4.81 Å². The van der Waals surface area contributed by atoms with Crippen LogP contribution in [-0.2, 0) is 16.6 Å². The Balaban J connectivity index is 2.92. The predicted octanol–water partition coefficient (Wildman–Crippen LogP) is 2.79. The van der Waals surface area contributed by atoms with Gasteiger partial charge in [-0.25, -0.2) is 0 Å². The molecule has 0 heterocycles. The molecular weight excluding hydrogens is 328 g/mol. The summed E-state index contributed by atoms with van der Waals surface area (Å²) >= 11 is -3.59. The Labute approximate surface area is 74.5 Å². The molecule has 0 aromatic carbocycles. The van der Waals surface area contributed by atoms with Crippen molar-refractivity contribution in [1.82, 2.24) is 0 Å². The quantitative estimate of drug-likeness (QED) is 0.740. The number of nitrogens with zero attached hydrogens (tertiary/aromatic N) is 2. The molecule has 0 bridgehead atoms. The molecule has 0 spiro atoms. The molecule has 0 fully saturated rings. The summed E-state index contributed by atoms with van der Waals surface area (Å²) in [4.78, 5) is 21.6. The van der Waals surface area contributed by atoms with Crippen molar-refractivity contribution in [3.8, 4) is 0 Å². The fraction of sp³-hybridized carbons (Fsp3) is 0.429. The molecule has 0 atom stereocenters. The van der Waals surface area contributed by atoms with E-state index in [1.54, 1.807) is 0 Å². The second kappa shape index (κ2) is 3.85. The Morgan fingerprint density at radius 1 is 1.50 bits per heavy atom. The van der Waals surface area contributed by atoms with Crippen molar-refractivity contribution in [3.63, 3.8) is 0 Å². The van der Waals surface area contributed by atoms with Crippen molar-refractivity contribution in [2.24, 2.45) is 7.47 Å². The number of rotatable bonds is 4. The number of hydrogen-bond donors (Lipinski definition) is 0. The van der Waals surface area contributed by atoms with Crippen LogP contribution in [0.15, 0.2) is 29.7 Å². The number of hydrogen-bond acceptors (Lipinski definition) is 4. The van der Waals surface area contributed by atoms with E-state index in [9.17, 15) is 9.81 Å². The van der Waals surface area contributed by atoms with Gasteiger partial charge in [0.25, 0.3) is 0 Å². The Morgan fingerprint density at radius 2 is 2.17 bits per heavy atom. The average Bonchev–Trinajstić information content (AvgIpc) is 2.62. The molecule has 5 heteroatoms. The first kappa shape index (κ1) is 9.46. The number of allylic oxidation sites excluding steroid dienone is 4. The summed E-state index contributed by atoms with van der Waals surface area (Å²) in [6.45, 7) is 1.82. The minimum absolute atomic E-state index is 0.535. The molecule has 4 nitrogen and oxygen atoms in total. The number of nitroso groups, excluding NO2 is 2. The monoisotopic (exact) mass is 338 g/mol. The van der Waals surface area contributed by atoms with E-state index in [2.05, 4.69) is 7.47 Å². The van der Waals surface area contributed by atoms with Gasteiger partial charge >= 0.3 is 74.2 Å². The van der Waals surface area contributed by atoms with E-state index >= 15 is 0 Å². The summed E-state index contributed by atoms with van der Waals surface area (Å²) in [6.07, 6.45) is 6.29. The second-order valence-corrected chi connectivity index (χ2v) is 12.2. The van der Waals surface area contributed by atoms with Gasteiger partial charge in [0.2, 0.25) is 0 Å². The molecule has 0 unspecified atom stereocenters. The molecule has 1 rings (SSSR count). The van der Waals surface area contributed by atoms with Gasteiger partial charge in [-0.1, -0.05) is 0 Å². The van der Waals surface area contributed by atoms with Gasteiger partial charge in [-0.15, -0.1) is 0 Å². The first-order valence-corrected chi connectivity index (χ1v) is 9.81. The average molecular weight is 338 g/mol. The Hall–Kier alpha value is -0.632. The fourth-order valence-corrected chi connectivity index (χ4v) is 6.32. The van der Waals surface area contributed by atoms with Gasteiger partial charge in [0, 0.05) is 0 Å². The van der Waals surface area contributed by atoms with Crippen LogP contribution in [0, 0.1) is 9.81 Å². The standard InChI is InChI=1S/C5H5.C2H5.2NO.W/c1-2-4-5-3-1;3*1-2;/h1-3H,4H2;1H2,2H3;;;/q;;2*-1;+2. The third kappa shape index (κ3) is 1.44. The van der Waals surface area contributed by atoms with Crippen LogP contribution in [-0.4, -0.2) is 0 Å². The first-order valence-electron chi connectivity index (χ1n) is 3.65. The molecule has 1 aliphatic carbocycles. The molecule has 0 N–H and O–H groups in total. The normalized spacial score (nSPS) is 17.2. The molecule has 0 amide bonds. The fourth-order valence-electron chi connectivity index (χ4n) is 1.07. The molecule has 66 valence electrons. The van der Waals surface area contributed by atoms with Gasteiger partial charge in [-0.2, -0.15) is 0 Å². The summed E-state index contributed by atoms with van der Waals surface area (Å²) in [6, 6.07) is 0. The van der Waals surface area contributed by atoms with E-state index in [4.69, 9.17) is 0 Å². The Kier molecular flexibility index (Phi) is 3.04.